The maximum absolute atomic E-state index is 11.8. The Morgan fingerprint density at radius 1 is 1.10 bits per heavy atom. The van der Waals surface area contributed by atoms with Gasteiger partial charge in [-0.25, -0.2) is 4.79 Å². The smallest absolute Gasteiger partial charge is 0.347 e. The van der Waals surface area contributed by atoms with E-state index in [1.54, 1.807) is 43.5 Å². The van der Waals surface area contributed by atoms with Crippen LogP contribution in [0.4, 0.5) is 0 Å². The minimum atomic E-state index is -0.699. The summed E-state index contributed by atoms with van der Waals surface area (Å²) >= 11 is 0. The third kappa shape index (κ3) is 6.13. The highest BCUT2D eigenvalue weighted by Crippen LogP contribution is 2.32. The molecule has 0 saturated carbocycles. The first-order valence-corrected chi connectivity index (χ1v) is 8.74. The lowest BCUT2D eigenvalue weighted by atomic mass is 10.2. The highest BCUT2D eigenvalue weighted by Gasteiger charge is 2.14. The molecule has 0 bridgehead atoms. The van der Waals surface area contributed by atoms with Crippen LogP contribution in [0.2, 0.25) is 0 Å². The number of amides is 1. The average molecular weight is 400 g/mol. The highest BCUT2D eigenvalue weighted by atomic mass is 16.7. The van der Waals surface area contributed by atoms with Gasteiger partial charge in [-0.2, -0.15) is 0 Å². The molecular weight excluding hydrogens is 380 g/mol. The van der Waals surface area contributed by atoms with Gasteiger partial charge >= 0.3 is 5.97 Å². The molecule has 0 aromatic heterocycles. The predicted octanol–water partition coefficient (Wildman–Crippen LogP) is 1.63. The van der Waals surface area contributed by atoms with Crippen LogP contribution in [0.5, 0.6) is 17.2 Å². The van der Waals surface area contributed by atoms with Crippen LogP contribution in [0.15, 0.2) is 47.6 Å². The van der Waals surface area contributed by atoms with Gasteiger partial charge in [0.1, 0.15) is 5.75 Å². The number of hydrogen-bond acceptors (Lipinski definition) is 8. The molecule has 0 fully saturated rings. The van der Waals surface area contributed by atoms with E-state index >= 15 is 0 Å². The third-order valence-electron chi connectivity index (χ3n) is 3.87. The summed E-state index contributed by atoms with van der Waals surface area (Å²) in [7, 11) is 1.58. The van der Waals surface area contributed by atoms with Crippen LogP contribution < -0.4 is 19.5 Å². The zero-order chi connectivity index (χ0) is 20.5. The third-order valence-corrected chi connectivity index (χ3v) is 3.87. The second-order valence-electron chi connectivity index (χ2n) is 5.91. The summed E-state index contributed by atoms with van der Waals surface area (Å²) in [5, 5.41) is 6.33. The first-order valence-electron chi connectivity index (χ1n) is 8.74. The highest BCUT2D eigenvalue weighted by molar-refractivity contribution is 5.81. The fourth-order valence-electron chi connectivity index (χ4n) is 2.37. The largest absolute Gasteiger partial charge is 0.497 e. The lowest BCUT2D eigenvalue weighted by molar-refractivity contribution is -0.152. The summed E-state index contributed by atoms with van der Waals surface area (Å²) in [6.45, 7) is -0.347. The summed E-state index contributed by atoms with van der Waals surface area (Å²) in [6, 6.07) is 12.5. The van der Waals surface area contributed by atoms with Gasteiger partial charge in [0.25, 0.3) is 5.91 Å². The predicted molar refractivity (Wildman–Crippen MR) is 102 cm³/mol. The van der Waals surface area contributed by atoms with Gasteiger partial charge in [-0.05, 0) is 47.5 Å². The molecule has 3 rings (SSSR count). The number of nitrogens with zero attached hydrogens (tertiary/aromatic N) is 1. The molecule has 1 heterocycles. The number of carbonyl (C=O) groups is 2. The molecule has 0 unspecified atom stereocenters. The van der Waals surface area contributed by atoms with Crippen molar-refractivity contribution in [3.8, 4) is 17.2 Å². The van der Waals surface area contributed by atoms with Crippen LogP contribution in [0, 0.1) is 0 Å². The van der Waals surface area contributed by atoms with Crippen molar-refractivity contribution in [2.45, 2.75) is 6.54 Å². The van der Waals surface area contributed by atoms with Crippen molar-refractivity contribution in [1.82, 2.24) is 5.32 Å². The maximum Gasteiger partial charge on any atom is 0.347 e. The summed E-state index contributed by atoms with van der Waals surface area (Å²) in [4.78, 5) is 28.3. The van der Waals surface area contributed by atoms with Crippen LogP contribution in [0.1, 0.15) is 11.1 Å². The molecule has 152 valence electrons. The summed E-state index contributed by atoms with van der Waals surface area (Å²) in [5.41, 5.74) is 1.62. The molecule has 2 aromatic carbocycles. The van der Waals surface area contributed by atoms with Gasteiger partial charge in [-0.1, -0.05) is 11.2 Å². The first kappa shape index (κ1) is 20.0. The molecular formula is C20H20N2O7. The fraction of sp³-hybridized carbons (Fsp3) is 0.250. The van der Waals surface area contributed by atoms with Gasteiger partial charge in [0, 0.05) is 6.54 Å². The number of hydrogen-bond donors (Lipinski definition) is 1. The summed E-state index contributed by atoms with van der Waals surface area (Å²) in [6.07, 6.45) is 1.45. The monoisotopic (exact) mass is 400 g/mol. The van der Waals surface area contributed by atoms with E-state index in [4.69, 9.17) is 23.8 Å². The van der Waals surface area contributed by atoms with Crippen LogP contribution in [0.3, 0.4) is 0 Å². The second kappa shape index (κ2) is 9.98. The molecule has 0 radical (unpaired) electrons. The standard InChI is InChI=1S/C20H20N2O7/c1-25-16-5-2-14(3-6-16)10-22-29-12-20(24)26-11-19(23)21-9-15-4-7-17-18(8-15)28-13-27-17/h2-8,10H,9,11-13H2,1H3,(H,21,23)/b22-10-. The van der Waals surface area contributed by atoms with E-state index in [9.17, 15) is 9.59 Å². The number of ether oxygens (including phenoxy) is 4. The zero-order valence-electron chi connectivity index (χ0n) is 15.8. The van der Waals surface area contributed by atoms with E-state index in [1.165, 1.54) is 6.21 Å². The van der Waals surface area contributed by atoms with Crippen molar-refractivity contribution < 1.29 is 33.4 Å². The number of rotatable bonds is 9. The number of fused-ring (bicyclic) bond motifs is 1. The number of methoxy groups -OCH3 is 1. The number of esters is 1. The number of oxime groups is 1. The lowest BCUT2D eigenvalue weighted by Crippen LogP contribution is -2.29. The SMILES string of the molecule is COc1ccc(/C=N\OCC(=O)OCC(=O)NCc2ccc3c(c2)OCO3)cc1. The van der Waals surface area contributed by atoms with E-state index in [0.717, 1.165) is 16.9 Å². The zero-order valence-corrected chi connectivity index (χ0v) is 15.8. The maximum atomic E-state index is 11.8. The molecule has 1 amide bonds. The average Bonchev–Trinajstić information content (AvgIpc) is 3.22. The lowest BCUT2D eigenvalue weighted by Gasteiger charge is -2.07. The van der Waals surface area contributed by atoms with Crippen LogP contribution in [0.25, 0.3) is 0 Å². The van der Waals surface area contributed by atoms with E-state index in [0.29, 0.717) is 11.5 Å². The molecule has 1 aliphatic heterocycles. The normalized spacial score (nSPS) is 11.9. The number of benzene rings is 2. The van der Waals surface area contributed by atoms with Crippen molar-refractivity contribution in [3.05, 3.63) is 53.6 Å². The number of carbonyl (C=O) groups excluding carboxylic acids is 2. The molecule has 0 aliphatic carbocycles. The molecule has 2 aromatic rings. The van der Waals surface area contributed by atoms with E-state index in [2.05, 4.69) is 10.5 Å². The molecule has 1 aliphatic rings. The Kier molecular flexibility index (Phi) is 6.88. The summed E-state index contributed by atoms with van der Waals surface area (Å²) < 4.78 is 20.4. The van der Waals surface area contributed by atoms with Gasteiger partial charge in [0.05, 0.1) is 13.3 Å². The Hall–Kier alpha value is -3.75. The van der Waals surface area contributed by atoms with E-state index in [-0.39, 0.29) is 13.3 Å². The Morgan fingerprint density at radius 3 is 2.69 bits per heavy atom. The van der Waals surface area contributed by atoms with E-state index < -0.39 is 25.1 Å². The number of nitrogens with one attached hydrogen (secondary N) is 1. The van der Waals surface area contributed by atoms with Gasteiger partial charge in [-0.3, -0.25) is 4.79 Å². The topological polar surface area (TPSA) is 105 Å². The van der Waals surface area contributed by atoms with Crippen molar-refractivity contribution in [2.75, 3.05) is 27.1 Å². The molecule has 1 N–H and O–H groups in total. The van der Waals surface area contributed by atoms with Crippen molar-refractivity contribution >= 4 is 18.1 Å². The van der Waals surface area contributed by atoms with Crippen LogP contribution >= 0.6 is 0 Å². The van der Waals surface area contributed by atoms with Gasteiger partial charge in [0.15, 0.2) is 18.1 Å². The Morgan fingerprint density at radius 2 is 1.90 bits per heavy atom. The van der Waals surface area contributed by atoms with Crippen molar-refractivity contribution in [3.63, 3.8) is 0 Å². The molecule has 29 heavy (non-hydrogen) atoms. The van der Waals surface area contributed by atoms with Crippen LogP contribution in [-0.4, -0.2) is 45.2 Å². The van der Waals surface area contributed by atoms with Crippen LogP contribution in [-0.2, 0) is 25.7 Å². The fourth-order valence-corrected chi connectivity index (χ4v) is 2.37. The van der Waals surface area contributed by atoms with Crippen molar-refractivity contribution in [1.29, 1.82) is 0 Å². The molecule has 0 spiro atoms. The molecule has 9 heteroatoms. The van der Waals surface area contributed by atoms with Gasteiger partial charge < -0.3 is 29.1 Å². The molecule has 0 saturated heterocycles. The van der Waals surface area contributed by atoms with Gasteiger partial charge in [0.2, 0.25) is 13.4 Å². The summed E-state index contributed by atoms with van der Waals surface area (Å²) in [5.74, 6) is 0.899. The molecule has 9 nitrogen and oxygen atoms in total. The first-order chi connectivity index (χ1) is 14.1. The second-order valence-corrected chi connectivity index (χ2v) is 5.91. The Balaban J connectivity index is 1.31. The Labute approximate surface area is 167 Å². The van der Waals surface area contributed by atoms with Crippen molar-refractivity contribution in [2.24, 2.45) is 5.16 Å². The molecule has 0 atom stereocenters. The minimum Gasteiger partial charge on any atom is -0.497 e. The van der Waals surface area contributed by atoms with Gasteiger partial charge in [-0.15, -0.1) is 0 Å². The minimum absolute atomic E-state index is 0.188. The quantitative estimate of drug-likeness (QED) is 0.388. The van der Waals surface area contributed by atoms with E-state index in [1.807, 2.05) is 6.07 Å². The Bertz CT molecular complexity index is 881.